The Hall–Kier alpha value is -4.77. The molecule has 11 heteroatoms. The Balaban J connectivity index is 1.43. The number of methoxy groups -OCH3 is 1. The largest absolute Gasteiger partial charge is 0.465 e. The van der Waals surface area contributed by atoms with Gasteiger partial charge in [-0.1, -0.05) is 6.07 Å². The second-order valence-electron chi connectivity index (χ2n) is 7.52. The Bertz CT molecular complexity index is 1420. The van der Waals surface area contributed by atoms with Crippen molar-refractivity contribution >= 4 is 23.4 Å². The first-order valence-electron chi connectivity index (χ1n) is 10.6. The van der Waals surface area contributed by atoms with E-state index in [1.54, 1.807) is 12.1 Å². The van der Waals surface area contributed by atoms with Crippen LogP contribution in [0.2, 0.25) is 0 Å². The maximum Gasteiger partial charge on any atom is 0.339 e. The monoisotopic (exact) mass is 493 g/mol. The lowest BCUT2D eigenvalue weighted by atomic mass is 10.2. The van der Waals surface area contributed by atoms with Crippen LogP contribution in [0.15, 0.2) is 67.0 Å². The molecule has 0 aliphatic heterocycles. The number of H-pyrrole nitrogens is 1. The van der Waals surface area contributed by atoms with Crippen molar-refractivity contribution in [3.05, 3.63) is 89.8 Å². The Labute approximate surface area is 204 Å². The van der Waals surface area contributed by atoms with E-state index in [1.807, 2.05) is 0 Å². The number of halogens is 2. The predicted molar refractivity (Wildman–Crippen MR) is 129 cm³/mol. The van der Waals surface area contributed by atoms with Gasteiger partial charge in [0.25, 0.3) is 0 Å². The number of hydrogen-bond donors (Lipinski definition) is 4. The smallest absolute Gasteiger partial charge is 0.339 e. The number of rotatable bonds is 7. The van der Waals surface area contributed by atoms with Crippen LogP contribution in [0, 0.1) is 11.6 Å². The van der Waals surface area contributed by atoms with Crippen molar-refractivity contribution in [3.63, 3.8) is 0 Å². The fourth-order valence-corrected chi connectivity index (χ4v) is 3.27. The average molecular weight is 493 g/mol. The molecule has 0 saturated heterocycles. The molecule has 0 spiro atoms. The van der Waals surface area contributed by atoms with Gasteiger partial charge in [0.1, 0.15) is 11.6 Å². The summed E-state index contributed by atoms with van der Waals surface area (Å²) in [5, 5.41) is 4.81. The van der Waals surface area contributed by atoms with E-state index < -0.39 is 23.6 Å². The number of aromatic nitrogens is 2. The van der Waals surface area contributed by atoms with Crippen LogP contribution in [-0.2, 0) is 11.3 Å². The Morgan fingerprint density at radius 2 is 1.86 bits per heavy atom. The molecule has 184 valence electrons. The maximum atomic E-state index is 14.7. The van der Waals surface area contributed by atoms with Crippen molar-refractivity contribution in [2.24, 2.45) is 5.73 Å². The maximum absolute atomic E-state index is 14.7. The number of esters is 1. The molecule has 9 nitrogen and oxygen atoms in total. The summed E-state index contributed by atoms with van der Waals surface area (Å²) in [4.78, 5) is 31.0. The number of amides is 2. The molecular weight excluding hydrogens is 472 g/mol. The minimum Gasteiger partial charge on any atom is -0.465 e. The summed E-state index contributed by atoms with van der Waals surface area (Å²) in [6.45, 7) is 0.182. The first-order chi connectivity index (χ1) is 17.4. The average Bonchev–Trinajstić information content (AvgIpc) is 3.37. The Kier molecular flexibility index (Phi) is 7.21. The number of urea groups is 1. The molecule has 4 aromatic rings. The molecule has 2 aromatic carbocycles. The number of benzene rings is 2. The molecule has 0 saturated carbocycles. The fraction of sp³-hybridized carbons (Fsp3) is 0.0800. The number of nitrogens with two attached hydrogens (primary N) is 1. The van der Waals surface area contributed by atoms with Crippen LogP contribution in [0.1, 0.15) is 15.9 Å². The molecule has 2 amide bonds. The van der Waals surface area contributed by atoms with Gasteiger partial charge in [-0.05, 0) is 42.0 Å². The Morgan fingerprint density at radius 1 is 1.03 bits per heavy atom. The summed E-state index contributed by atoms with van der Waals surface area (Å²) in [6, 6.07) is 11.9. The zero-order valence-electron chi connectivity index (χ0n) is 19.0. The number of nitrogens with zero attached hydrogens (tertiary/aromatic N) is 1. The van der Waals surface area contributed by atoms with Crippen molar-refractivity contribution in [2.45, 2.75) is 6.54 Å². The number of hydrogen-bond acceptors (Lipinski definition) is 6. The molecule has 0 aliphatic carbocycles. The van der Waals surface area contributed by atoms with Crippen LogP contribution in [0.3, 0.4) is 0 Å². The lowest BCUT2D eigenvalue weighted by molar-refractivity contribution is 0.0601. The number of aromatic amines is 1. The van der Waals surface area contributed by atoms with E-state index in [2.05, 4.69) is 25.3 Å². The second-order valence-corrected chi connectivity index (χ2v) is 7.52. The number of pyridine rings is 1. The molecular formula is C25H21F2N5O4. The molecule has 0 aliphatic rings. The van der Waals surface area contributed by atoms with Crippen LogP contribution in [-0.4, -0.2) is 29.1 Å². The first kappa shape index (κ1) is 24.4. The van der Waals surface area contributed by atoms with Crippen molar-refractivity contribution in [1.82, 2.24) is 9.97 Å². The molecule has 36 heavy (non-hydrogen) atoms. The molecule has 2 aromatic heterocycles. The van der Waals surface area contributed by atoms with E-state index in [-0.39, 0.29) is 23.7 Å². The summed E-state index contributed by atoms with van der Waals surface area (Å²) in [5.41, 5.74) is 7.59. The second kappa shape index (κ2) is 10.7. The molecule has 0 unspecified atom stereocenters. The van der Waals surface area contributed by atoms with E-state index in [0.29, 0.717) is 28.3 Å². The third-order valence-corrected chi connectivity index (χ3v) is 5.04. The van der Waals surface area contributed by atoms with Crippen LogP contribution >= 0.6 is 0 Å². The molecule has 2 heterocycles. The summed E-state index contributed by atoms with van der Waals surface area (Å²) in [7, 11) is 1.28. The van der Waals surface area contributed by atoms with Gasteiger partial charge < -0.3 is 30.8 Å². The van der Waals surface area contributed by atoms with Gasteiger partial charge in [-0.3, -0.25) is 4.98 Å². The van der Waals surface area contributed by atoms with E-state index in [9.17, 15) is 18.4 Å². The van der Waals surface area contributed by atoms with Gasteiger partial charge in [0, 0.05) is 36.8 Å². The summed E-state index contributed by atoms with van der Waals surface area (Å²) < 4.78 is 38.9. The van der Waals surface area contributed by atoms with E-state index >= 15 is 0 Å². The topological polar surface area (TPSA) is 131 Å². The minimum absolute atomic E-state index is 0.0508. The van der Waals surface area contributed by atoms with Gasteiger partial charge in [0.15, 0.2) is 11.6 Å². The molecule has 0 bridgehead atoms. The highest BCUT2D eigenvalue weighted by molar-refractivity contribution is 5.99. The number of nitrogens with one attached hydrogen (secondary N) is 3. The van der Waals surface area contributed by atoms with E-state index in [4.69, 9.17) is 10.5 Å². The lowest BCUT2D eigenvalue weighted by Crippen LogP contribution is -2.20. The predicted octanol–water partition coefficient (Wildman–Crippen LogP) is 5.04. The quantitative estimate of drug-likeness (QED) is 0.267. The van der Waals surface area contributed by atoms with Crippen LogP contribution in [0.25, 0.3) is 11.4 Å². The van der Waals surface area contributed by atoms with Crippen molar-refractivity contribution in [1.29, 1.82) is 0 Å². The van der Waals surface area contributed by atoms with Crippen LogP contribution < -0.4 is 21.1 Å². The van der Waals surface area contributed by atoms with Crippen molar-refractivity contribution < 1.29 is 27.8 Å². The number of carbonyl (C=O) groups excluding carboxylic acids is 2. The van der Waals surface area contributed by atoms with Crippen molar-refractivity contribution in [3.8, 4) is 22.9 Å². The minimum atomic E-state index is -0.757. The fourth-order valence-electron chi connectivity index (χ4n) is 3.27. The number of carbonyl (C=O) groups is 2. The van der Waals surface area contributed by atoms with Gasteiger partial charge in [0.2, 0.25) is 0 Å². The third kappa shape index (κ3) is 5.65. The number of anilines is 2. The van der Waals surface area contributed by atoms with Crippen LogP contribution in [0.5, 0.6) is 11.5 Å². The standard InChI is InChI=1S/C25H21F2N5O4/c1-35-24(33)15-9-21(30-13-15)22-11-17(6-7-29-22)36-23-5-3-16(10-19(23)27)31-25(34)32-20-8-14(12-28)2-4-18(20)26/h2-11,13,30H,12,28H2,1H3,(H2,31,32,34). The normalized spacial score (nSPS) is 10.6. The van der Waals surface area contributed by atoms with Gasteiger partial charge >= 0.3 is 12.0 Å². The van der Waals surface area contributed by atoms with Gasteiger partial charge in [-0.2, -0.15) is 0 Å². The van der Waals surface area contributed by atoms with Crippen molar-refractivity contribution in [2.75, 3.05) is 17.7 Å². The van der Waals surface area contributed by atoms with E-state index in [0.717, 1.165) is 6.07 Å². The number of ether oxygens (including phenoxy) is 2. The molecule has 0 fully saturated rings. The highest BCUT2D eigenvalue weighted by Crippen LogP contribution is 2.29. The molecule has 0 radical (unpaired) electrons. The molecule has 0 atom stereocenters. The zero-order chi connectivity index (χ0) is 25.7. The van der Waals surface area contributed by atoms with Gasteiger partial charge in [-0.25, -0.2) is 18.4 Å². The Morgan fingerprint density at radius 3 is 2.61 bits per heavy atom. The highest BCUT2D eigenvalue weighted by atomic mass is 19.1. The van der Waals surface area contributed by atoms with Crippen LogP contribution in [0.4, 0.5) is 25.0 Å². The lowest BCUT2D eigenvalue weighted by Gasteiger charge is -2.11. The summed E-state index contributed by atoms with van der Waals surface area (Å²) in [6.07, 6.45) is 2.96. The molecule has 4 rings (SSSR count). The molecule has 5 N–H and O–H groups in total. The van der Waals surface area contributed by atoms with E-state index in [1.165, 1.54) is 55.9 Å². The summed E-state index contributed by atoms with van der Waals surface area (Å²) >= 11 is 0. The van der Waals surface area contributed by atoms with Gasteiger partial charge in [0.05, 0.1) is 29.7 Å². The highest BCUT2D eigenvalue weighted by Gasteiger charge is 2.13. The van der Waals surface area contributed by atoms with Gasteiger partial charge in [-0.15, -0.1) is 0 Å². The first-order valence-corrected chi connectivity index (χ1v) is 10.6. The third-order valence-electron chi connectivity index (χ3n) is 5.04. The SMILES string of the molecule is COC(=O)c1c[nH]c(-c2cc(Oc3ccc(NC(=O)Nc4cc(CN)ccc4F)cc3F)ccn2)c1. The summed E-state index contributed by atoms with van der Waals surface area (Å²) in [5.74, 6) is -1.67. The zero-order valence-corrected chi connectivity index (χ0v) is 19.0.